The van der Waals surface area contributed by atoms with Gasteiger partial charge in [-0.2, -0.15) is 0 Å². The average Bonchev–Trinajstić information content (AvgIpc) is 2.40. The zero-order valence-corrected chi connectivity index (χ0v) is 11.6. The summed E-state index contributed by atoms with van der Waals surface area (Å²) in [5.74, 6) is 2.31. The Kier molecular flexibility index (Phi) is 4.53. The van der Waals surface area contributed by atoms with E-state index in [2.05, 4.69) is 31.1 Å². The van der Waals surface area contributed by atoms with Crippen LogP contribution in [0.1, 0.15) is 49.7 Å². The predicted molar refractivity (Wildman–Crippen MR) is 73.1 cm³/mol. The highest BCUT2D eigenvalue weighted by Crippen LogP contribution is 2.26. The highest BCUT2D eigenvalue weighted by Gasteiger charge is 2.21. The van der Waals surface area contributed by atoms with Gasteiger partial charge in [-0.15, -0.1) is 0 Å². The summed E-state index contributed by atoms with van der Waals surface area (Å²) in [6.45, 7) is 8.86. The van der Waals surface area contributed by atoms with Gasteiger partial charge in [0.25, 0.3) is 0 Å². The number of aromatic nitrogens is 2. The van der Waals surface area contributed by atoms with E-state index in [0.29, 0.717) is 5.92 Å². The summed E-state index contributed by atoms with van der Waals surface area (Å²) in [5.41, 5.74) is 2.33. The molecule has 1 N–H and O–H groups in total. The number of nitrogens with one attached hydrogen (secondary N) is 1. The molecule has 1 aliphatic heterocycles. The maximum atomic E-state index is 5.53. The van der Waals surface area contributed by atoms with E-state index in [9.17, 15) is 0 Å². The first kappa shape index (κ1) is 13.3. The topological polar surface area (TPSA) is 47.0 Å². The van der Waals surface area contributed by atoms with Gasteiger partial charge in [-0.25, -0.2) is 9.97 Å². The Labute approximate surface area is 109 Å². The molecule has 1 saturated heterocycles. The van der Waals surface area contributed by atoms with Gasteiger partial charge in [0.05, 0.1) is 6.61 Å². The van der Waals surface area contributed by atoms with Gasteiger partial charge in [-0.1, -0.05) is 6.92 Å². The minimum atomic E-state index is 0.362. The van der Waals surface area contributed by atoms with Crippen LogP contribution in [-0.2, 0) is 11.2 Å². The van der Waals surface area contributed by atoms with E-state index in [4.69, 9.17) is 9.72 Å². The Bertz CT molecular complexity index is 400. The zero-order chi connectivity index (χ0) is 13.0. The molecule has 0 aromatic carbocycles. The quantitative estimate of drug-likeness (QED) is 0.891. The van der Waals surface area contributed by atoms with E-state index < -0.39 is 0 Å². The third kappa shape index (κ3) is 2.80. The van der Waals surface area contributed by atoms with Gasteiger partial charge in [0.15, 0.2) is 0 Å². The van der Waals surface area contributed by atoms with Crippen molar-refractivity contribution in [1.29, 1.82) is 0 Å². The molecule has 0 saturated carbocycles. The molecule has 1 aromatic rings. The molecule has 2 heterocycles. The monoisotopic (exact) mass is 249 g/mol. The Hall–Kier alpha value is -1.16. The first-order valence-electron chi connectivity index (χ1n) is 6.95. The van der Waals surface area contributed by atoms with E-state index in [0.717, 1.165) is 56.4 Å². The van der Waals surface area contributed by atoms with E-state index in [1.54, 1.807) is 0 Å². The molecule has 100 valence electrons. The molecule has 1 atom stereocenters. The average molecular weight is 249 g/mol. The molecule has 1 unspecified atom stereocenters. The highest BCUT2D eigenvalue weighted by molar-refractivity contribution is 5.46. The minimum Gasteiger partial charge on any atom is -0.381 e. The number of anilines is 1. The summed E-state index contributed by atoms with van der Waals surface area (Å²) < 4.78 is 5.53. The van der Waals surface area contributed by atoms with Crippen LogP contribution in [0.3, 0.4) is 0 Å². The summed E-state index contributed by atoms with van der Waals surface area (Å²) in [4.78, 5) is 9.39. The van der Waals surface area contributed by atoms with Crippen LogP contribution in [-0.4, -0.2) is 29.7 Å². The van der Waals surface area contributed by atoms with Crippen molar-refractivity contribution >= 4 is 5.82 Å². The molecule has 4 heteroatoms. The molecule has 0 spiro atoms. The van der Waals surface area contributed by atoms with Crippen LogP contribution in [0.2, 0.25) is 0 Å². The van der Waals surface area contributed by atoms with E-state index in [1.165, 1.54) is 5.56 Å². The van der Waals surface area contributed by atoms with E-state index in [1.807, 2.05) is 0 Å². The van der Waals surface area contributed by atoms with E-state index >= 15 is 0 Å². The summed E-state index contributed by atoms with van der Waals surface area (Å²) in [7, 11) is 0. The SMILES string of the molecule is CCNc1nc(C2CCCOC2)nc(C)c1CC. The van der Waals surface area contributed by atoms with Gasteiger partial charge in [0.2, 0.25) is 0 Å². The molecule has 0 radical (unpaired) electrons. The smallest absolute Gasteiger partial charge is 0.136 e. The lowest BCUT2D eigenvalue weighted by molar-refractivity contribution is 0.0780. The lowest BCUT2D eigenvalue weighted by Gasteiger charge is -2.22. The second-order valence-corrected chi connectivity index (χ2v) is 4.79. The third-order valence-electron chi connectivity index (χ3n) is 3.45. The normalized spacial score (nSPS) is 19.8. The van der Waals surface area contributed by atoms with E-state index in [-0.39, 0.29) is 0 Å². The van der Waals surface area contributed by atoms with Crippen molar-refractivity contribution in [3.63, 3.8) is 0 Å². The van der Waals surface area contributed by atoms with Gasteiger partial charge < -0.3 is 10.1 Å². The van der Waals surface area contributed by atoms with Crippen LogP contribution < -0.4 is 5.32 Å². The van der Waals surface area contributed by atoms with Gasteiger partial charge in [0, 0.05) is 30.3 Å². The van der Waals surface area contributed by atoms with Crippen molar-refractivity contribution in [1.82, 2.24) is 9.97 Å². The molecule has 0 bridgehead atoms. The molecule has 1 aliphatic rings. The number of hydrogen-bond acceptors (Lipinski definition) is 4. The fourth-order valence-electron chi connectivity index (χ4n) is 2.48. The van der Waals surface area contributed by atoms with Crippen molar-refractivity contribution in [2.45, 2.75) is 46.0 Å². The Balaban J connectivity index is 2.30. The predicted octanol–water partition coefficient (Wildman–Crippen LogP) is 2.67. The highest BCUT2D eigenvalue weighted by atomic mass is 16.5. The van der Waals surface area contributed by atoms with Crippen LogP contribution in [0.5, 0.6) is 0 Å². The molecule has 0 aliphatic carbocycles. The number of rotatable bonds is 4. The van der Waals surface area contributed by atoms with Crippen molar-refractivity contribution in [3.05, 3.63) is 17.1 Å². The molecular weight excluding hydrogens is 226 g/mol. The standard InChI is InChI=1S/C14H23N3O/c1-4-12-10(3)16-13(17-14(12)15-5-2)11-7-6-8-18-9-11/h11H,4-9H2,1-3H3,(H,15,16,17). The van der Waals surface area contributed by atoms with Gasteiger partial charge in [-0.3, -0.25) is 0 Å². The second-order valence-electron chi connectivity index (χ2n) is 4.79. The van der Waals surface area contributed by atoms with Gasteiger partial charge in [0.1, 0.15) is 11.6 Å². The maximum absolute atomic E-state index is 5.53. The number of hydrogen-bond donors (Lipinski definition) is 1. The van der Waals surface area contributed by atoms with Crippen LogP contribution in [0, 0.1) is 6.92 Å². The van der Waals surface area contributed by atoms with Crippen molar-refractivity contribution in [3.8, 4) is 0 Å². The van der Waals surface area contributed by atoms with Crippen molar-refractivity contribution in [2.24, 2.45) is 0 Å². The third-order valence-corrected chi connectivity index (χ3v) is 3.45. The molecule has 1 fully saturated rings. The van der Waals surface area contributed by atoms with Crippen LogP contribution in [0.15, 0.2) is 0 Å². The fourth-order valence-corrected chi connectivity index (χ4v) is 2.48. The molecular formula is C14H23N3O. The molecule has 18 heavy (non-hydrogen) atoms. The van der Waals surface area contributed by atoms with Gasteiger partial charge >= 0.3 is 0 Å². The van der Waals surface area contributed by atoms with Crippen molar-refractivity contribution in [2.75, 3.05) is 25.1 Å². The summed E-state index contributed by atoms with van der Waals surface area (Å²) in [5, 5.41) is 3.36. The maximum Gasteiger partial charge on any atom is 0.136 e. The molecule has 4 nitrogen and oxygen atoms in total. The van der Waals surface area contributed by atoms with Crippen molar-refractivity contribution < 1.29 is 4.74 Å². The van der Waals surface area contributed by atoms with Gasteiger partial charge in [-0.05, 0) is 33.1 Å². The lowest BCUT2D eigenvalue weighted by atomic mass is 10.0. The summed E-state index contributed by atoms with van der Waals surface area (Å²) >= 11 is 0. The molecule has 0 amide bonds. The number of nitrogens with zero attached hydrogens (tertiary/aromatic N) is 2. The second kappa shape index (κ2) is 6.14. The number of ether oxygens (including phenoxy) is 1. The van der Waals surface area contributed by atoms with Crippen LogP contribution in [0.4, 0.5) is 5.82 Å². The fraction of sp³-hybridized carbons (Fsp3) is 0.714. The largest absolute Gasteiger partial charge is 0.381 e. The van der Waals surface area contributed by atoms with Crippen LogP contribution in [0.25, 0.3) is 0 Å². The van der Waals surface area contributed by atoms with Crippen LogP contribution >= 0.6 is 0 Å². The molecule has 2 rings (SSSR count). The first-order valence-corrected chi connectivity index (χ1v) is 6.95. The Morgan fingerprint density at radius 2 is 2.17 bits per heavy atom. The minimum absolute atomic E-state index is 0.362. The Morgan fingerprint density at radius 1 is 1.33 bits per heavy atom. The summed E-state index contributed by atoms with van der Waals surface area (Å²) in [6.07, 6.45) is 3.21. The lowest BCUT2D eigenvalue weighted by Crippen LogP contribution is -2.19. The molecule has 1 aromatic heterocycles. The number of aryl methyl sites for hydroxylation is 1. The summed E-state index contributed by atoms with van der Waals surface area (Å²) in [6, 6.07) is 0. The Morgan fingerprint density at radius 3 is 2.78 bits per heavy atom. The zero-order valence-electron chi connectivity index (χ0n) is 11.6. The first-order chi connectivity index (χ1) is 8.76.